The molecule has 0 aliphatic rings. The number of carbonyl (C=O) groups excluding carboxylic acids is 1. The first-order valence-corrected chi connectivity index (χ1v) is 8.03. The minimum atomic E-state index is -1.18. The number of benzene rings is 2. The van der Waals surface area contributed by atoms with Gasteiger partial charge in [0, 0.05) is 11.1 Å². The maximum Gasteiger partial charge on any atom is 0.252 e. The number of aromatic hydroxyl groups is 1. The van der Waals surface area contributed by atoms with Crippen LogP contribution in [0.1, 0.15) is 28.5 Å². The highest BCUT2D eigenvalue weighted by atomic mass is 16.3. The van der Waals surface area contributed by atoms with E-state index in [-0.39, 0.29) is 18.2 Å². The molecule has 0 fully saturated rings. The zero-order valence-corrected chi connectivity index (χ0v) is 14.2. The Bertz CT molecular complexity index is 921. The number of hydrogen-bond acceptors (Lipinski definition) is 4. The van der Waals surface area contributed by atoms with Crippen molar-refractivity contribution in [3.63, 3.8) is 0 Å². The van der Waals surface area contributed by atoms with Gasteiger partial charge >= 0.3 is 0 Å². The number of carbonyl (C=O) groups is 1. The van der Waals surface area contributed by atoms with Crippen LogP contribution in [0.15, 0.2) is 54.6 Å². The fraction of sp³-hybridized carbons (Fsp3) is 0.200. The minimum Gasteiger partial charge on any atom is -0.508 e. The minimum absolute atomic E-state index is 0.0670. The van der Waals surface area contributed by atoms with Crippen molar-refractivity contribution in [3.05, 3.63) is 71.4 Å². The summed E-state index contributed by atoms with van der Waals surface area (Å²) in [5.74, 6) is -0.249. The normalized spacial score (nSPS) is 13.4. The van der Waals surface area contributed by atoms with Crippen molar-refractivity contribution in [3.8, 4) is 5.75 Å². The largest absolute Gasteiger partial charge is 0.508 e. The molecule has 0 bridgehead atoms. The molecule has 128 valence electrons. The summed E-state index contributed by atoms with van der Waals surface area (Å²) in [6, 6.07) is 15.6. The third-order valence-electron chi connectivity index (χ3n) is 4.15. The van der Waals surface area contributed by atoms with Crippen molar-refractivity contribution in [2.75, 3.05) is 6.54 Å². The molecule has 25 heavy (non-hydrogen) atoms. The van der Waals surface area contributed by atoms with E-state index >= 15 is 0 Å². The van der Waals surface area contributed by atoms with Gasteiger partial charge in [0.15, 0.2) is 0 Å². The van der Waals surface area contributed by atoms with Crippen LogP contribution < -0.4 is 5.32 Å². The van der Waals surface area contributed by atoms with Crippen LogP contribution in [0.3, 0.4) is 0 Å². The van der Waals surface area contributed by atoms with E-state index < -0.39 is 5.60 Å². The third-order valence-corrected chi connectivity index (χ3v) is 4.15. The molecule has 5 nitrogen and oxygen atoms in total. The lowest BCUT2D eigenvalue weighted by atomic mass is 9.96. The van der Waals surface area contributed by atoms with Gasteiger partial charge in [-0.3, -0.25) is 9.78 Å². The lowest BCUT2D eigenvalue weighted by molar-refractivity contribution is 0.0527. The molecule has 0 saturated heterocycles. The first-order valence-electron chi connectivity index (χ1n) is 8.03. The summed E-state index contributed by atoms with van der Waals surface area (Å²) < 4.78 is 0. The number of rotatable bonds is 4. The van der Waals surface area contributed by atoms with Crippen LogP contribution in [0.2, 0.25) is 0 Å². The van der Waals surface area contributed by atoms with Crippen molar-refractivity contribution in [2.24, 2.45) is 0 Å². The van der Waals surface area contributed by atoms with E-state index in [1.54, 1.807) is 19.1 Å². The second kappa shape index (κ2) is 6.53. The van der Waals surface area contributed by atoms with E-state index in [0.717, 1.165) is 5.56 Å². The summed E-state index contributed by atoms with van der Waals surface area (Å²) in [5.41, 5.74) is 1.30. The highest BCUT2D eigenvalue weighted by molar-refractivity contribution is 6.06. The van der Waals surface area contributed by atoms with Crippen LogP contribution in [0.4, 0.5) is 0 Å². The third kappa shape index (κ3) is 3.61. The number of nitrogens with one attached hydrogen (secondary N) is 1. The Labute approximate surface area is 146 Å². The van der Waals surface area contributed by atoms with Gasteiger partial charge in [-0.15, -0.1) is 0 Å². The first-order chi connectivity index (χ1) is 11.9. The van der Waals surface area contributed by atoms with E-state index in [1.165, 1.54) is 12.1 Å². The molecule has 3 rings (SSSR count). The lowest BCUT2D eigenvalue weighted by Gasteiger charge is -2.24. The number of nitrogens with zero attached hydrogens (tertiary/aromatic N) is 1. The van der Waals surface area contributed by atoms with E-state index in [0.29, 0.717) is 22.2 Å². The summed E-state index contributed by atoms with van der Waals surface area (Å²) in [4.78, 5) is 17.0. The fourth-order valence-electron chi connectivity index (χ4n) is 2.78. The van der Waals surface area contributed by atoms with Gasteiger partial charge in [0.1, 0.15) is 11.4 Å². The van der Waals surface area contributed by atoms with Crippen molar-refractivity contribution in [1.82, 2.24) is 10.3 Å². The van der Waals surface area contributed by atoms with Crippen LogP contribution in [-0.4, -0.2) is 27.6 Å². The first kappa shape index (κ1) is 16.9. The molecule has 1 aromatic heterocycles. The molecule has 3 aromatic rings. The average molecular weight is 336 g/mol. The molecule has 1 amide bonds. The maximum atomic E-state index is 12.7. The summed E-state index contributed by atoms with van der Waals surface area (Å²) in [6.07, 6.45) is 0. The van der Waals surface area contributed by atoms with Crippen LogP contribution in [-0.2, 0) is 5.60 Å². The van der Waals surface area contributed by atoms with Gasteiger partial charge in [-0.1, -0.05) is 30.3 Å². The van der Waals surface area contributed by atoms with Gasteiger partial charge in [-0.25, -0.2) is 0 Å². The monoisotopic (exact) mass is 336 g/mol. The van der Waals surface area contributed by atoms with E-state index in [2.05, 4.69) is 10.3 Å². The number of aryl methyl sites for hydroxylation is 1. The number of phenolic OH excluding ortho intramolecular Hbond substituents is 1. The number of phenols is 1. The Balaban J connectivity index is 1.87. The molecule has 0 saturated carbocycles. The zero-order valence-electron chi connectivity index (χ0n) is 14.2. The van der Waals surface area contributed by atoms with E-state index in [9.17, 15) is 15.0 Å². The molecular formula is C20H20N2O3. The van der Waals surface area contributed by atoms with Crippen LogP contribution >= 0.6 is 0 Å². The van der Waals surface area contributed by atoms with Crippen molar-refractivity contribution >= 4 is 16.8 Å². The highest BCUT2D eigenvalue weighted by Crippen LogP contribution is 2.24. The number of aromatic nitrogens is 1. The van der Waals surface area contributed by atoms with Gasteiger partial charge < -0.3 is 15.5 Å². The SMILES string of the molecule is Cc1cc(C(=O)NCC(C)(O)c2ccccc2)c2cc(O)ccc2n1. The predicted octanol–water partition coefficient (Wildman–Crippen LogP) is 2.89. The smallest absolute Gasteiger partial charge is 0.252 e. The number of aliphatic hydroxyl groups is 1. The van der Waals surface area contributed by atoms with Crippen LogP contribution in [0, 0.1) is 6.92 Å². The van der Waals surface area contributed by atoms with Gasteiger partial charge in [-0.05, 0) is 43.7 Å². The Kier molecular flexibility index (Phi) is 4.42. The van der Waals surface area contributed by atoms with E-state index in [4.69, 9.17) is 0 Å². The van der Waals surface area contributed by atoms with Crippen molar-refractivity contribution in [1.29, 1.82) is 0 Å². The summed E-state index contributed by atoms with van der Waals surface area (Å²) in [5, 5.41) is 23.7. The Morgan fingerprint density at radius 1 is 1.16 bits per heavy atom. The van der Waals surface area contributed by atoms with Crippen LogP contribution in [0.25, 0.3) is 10.9 Å². The molecule has 2 aromatic carbocycles. The second-order valence-electron chi connectivity index (χ2n) is 6.34. The summed E-state index contributed by atoms with van der Waals surface area (Å²) in [7, 11) is 0. The Hall–Kier alpha value is -2.92. The molecule has 0 radical (unpaired) electrons. The average Bonchev–Trinajstić information content (AvgIpc) is 2.60. The number of hydrogen-bond donors (Lipinski definition) is 3. The highest BCUT2D eigenvalue weighted by Gasteiger charge is 2.24. The zero-order chi connectivity index (χ0) is 18.0. The van der Waals surface area contributed by atoms with Crippen molar-refractivity contribution < 1.29 is 15.0 Å². The Morgan fingerprint density at radius 3 is 2.60 bits per heavy atom. The topological polar surface area (TPSA) is 82.5 Å². The molecule has 0 aliphatic carbocycles. The number of amides is 1. The molecule has 0 aliphatic heterocycles. The predicted molar refractivity (Wildman–Crippen MR) is 96.5 cm³/mol. The molecular weight excluding hydrogens is 316 g/mol. The quantitative estimate of drug-likeness (QED) is 0.684. The van der Waals surface area contributed by atoms with E-state index in [1.807, 2.05) is 37.3 Å². The molecule has 1 unspecified atom stereocenters. The van der Waals surface area contributed by atoms with Crippen LogP contribution in [0.5, 0.6) is 5.75 Å². The van der Waals surface area contributed by atoms with Gasteiger partial charge in [-0.2, -0.15) is 0 Å². The summed E-state index contributed by atoms with van der Waals surface area (Å²) >= 11 is 0. The lowest BCUT2D eigenvalue weighted by Crippen LogP contribution is -2.38. The van der Waals surface area contributed by atoms with Gasteiger partial charge in [0.25, 0.3) is 5.91 Å². The standard InChI is InChI=1S/C20H20N2O3/c1-13-10-17(16-11-15(23)8-9-18(16)22-13)19(24)21-12-20(2,25)14-6-4-3-5-7-14/h3-11,23,25H,12H2,1-2H3,(H,21,24). The number of pyridine rings is 1. The molecule has 0 spiro atoms. The molecule has 1 atom stereocenters. The molecule has 1 heterocycles. The van der Waals surface area contributed by atoms with Gasteiger partial charge in [0.05, 0.1) is 17.6 Å². The number of fused-ring (bicyclic) bond motifs is 1. The summed E-state index contributed by atoms with van der Waals surface area (Å²) in [6.45, 7) is 3.53. The second-order valence-corrected chi connectivity index (χ2v) is 6.34. The molecule has 5 heteroatoms. The van der Waals surface area contributed by atoms with Gasteiger partial charge in [0.2, 0.25) is 0 Å². The van der Waals surface area contributed by atoms with Crippen molar-refractivity contribution in [2.45, 2.75) is 19.4 Å². The Morgan fingerprint density at radius 2 is 1.88 bits per heavy atom. The maximum absolute atomic E-state index is 12.7. The molecule has 3 N–H and O–H groups in total. The fourth-order valence-corrected chi connectivity index (χ4v) is 2.78.